The van der Waals surface area contributed by atoms with E-state index in [1.54, 1.807) is 0 Å². The van der Waals surface area contributed by atoms with Crippen molar-refractivity contribution in [2.75, 3.05) is 0 Å². The Hall–Kier alpha value is -3.54. The molecule has 1 aliphatic rings. The van der Waals surface area contributed by atoms with E-state index in [9.17, 15) is 18.8 Å². The first-order valence-corrected chi connectivity index (χ1v) is 9.45. The van der Waals surface area contributed by atoms with Crippen LogP contribution < -0.4 is 10.9 Å². The Balaban J connectivity index is 1.78. The summed E-state index contributed by atoms with van der Waals surface area (Å²) >= 11 is 0. The van der Waals surface area contributed by atoms with Crippen molar-refractivity contribution in [1.29, 1.82) is 0 Å². The maximum Gasteiger partial charge on any atom is 0.268 e. The minimum Gasteiger partial charge on any atom is -0.348 e. The molecule has 0 radical (unpaired) electrons. The lowest BCUT2D eigenvalue weighted by Gasteiger charge is -2.21. The summed E-state index contributed by atoms with van der Waals surface area (Å²) in [6.07, 6.45) is 1.55. The van der Waals surface area contributed by atoms with Crippen LogP contribution in [0.2, 0.25) is 0 Å². The van der Waals surface area contributed by atoms with Gasteiger partial charge in [-0.1, -0.05) is 30.3 Å². The lowest BCUT2D eigenvalue weighted by atomic mass is 9.92. The van der Waals surface area contributed by atoms with Gasteiger partial charge in [-0.05, 0) is 48.7 Å². The third-order valence-electron chi connectivity index (χ3n) is 5.05. The number of amides is 1. The molecule has 0 aliphatic heterocycles. The SMILES string of the molecule is O=C1CCCc2c1cc(C(=O)NCc1ccccc1)c(=O)n2-c1ccc(F)cc1. The number of halogens is 1. The van der Waals surface area contributed by atoms with Crippen molar-refractivity contribution >= 4 is 11.7 Å². The Kier molecular flexibility index (Phi) is 5.08. The van der Waals surface area contributed by atoms with E-state index >= 15 is 0 Å². The van der Waals surface area contributed by atoms with Crippen LogP contribution in [-0.2, 0) is 13.0 Å². The standard InChI is InChI=1S/C23H19FN2O3/c24-16-9-11-17(12-10-16)26-20-7-4-8-21(27)18(20)13-19(23(26)29)22(28)25-14-15-5-2-1-3-6-15/h1-3,5-6,9-13H,4,7-8,14H2,(H,25,28). The topological polar surface area (TPSA) is 68.2 Å². The zero-order chi connectivity index (χ0) is 20.4. The van der Waals surface area contributed by atoms with Gasteiger partial charge >= 0.3 is 0 Å². The van der Waals surface area contributed by atoms with Crippen LogP contribution in [0.5, 0.6) is 0 Å². The van der Waals surface area contributed by atoms with Crippen LogP contribution in [0.4, 0.5) is 4.39 Å². The van der Waals surface area contributed by atoms with E-state index in [1.165, 1.54) is 34.9 Å². The smallest absolute Gasteiger partial charge is 0.268 e. The number of hydrogen-bond acceptors (Lipinski definition) is 3. The molecule has 0 atom stereocenters. The maximum atomic E-state index is 13.4. The van der Waals surface area contributed by atoms with Crippen LogP contribution >= 0.6 is 0 Å². The number of carbonyl (C=O) groups is 2. The summed E-state index contributed by atoms with van der Waals surface area (Å²) in [6.45, 7) is 0.265. The summed E-state index contributed by atoms with van der Waals surface area (Å²) in [5, 5.41) is 2.74. The van der Waals surface area contributed by atoms with E-state index in [0.29, 0.717) is 36.2 Å². The maximum absolute atomic E-state index is 13.4. The molecule has 0 fully saturated rings. The van der Waals surface area contributed by atoms with E-state index < -0.39 is 17.3 Å². The van der Waals surface area contributed by atoms with Gasteiger partial charge in [-0.15, -0.1) is 0 Å². The fourth-order valence-electron chi connectivity index (χ4n) is 3.59. The van der Waals surface area contributed by atoms with Crippen LogP contribution in [-0.4, -0.2) is 16.3 Å². The third kappa shape index (κ3) is 3.74. The number of Topliss-reactive ketones (excluding diaryl/α,β-unsaturated/α-hetero) is 1. The molecule has 1 heterocycles. The van der Waals surface area contributed by atoms with E-state index in [2.05, 4.69) is 5.32 Å². The van der Waals surface area contributed by atoms with Crippen molar-refractivity contribution in [3.8, 4) is 5.69 Å². The van der Waals surface area contributed by atoms with Crippen LogP contribution in [0.15, 0.2) is 65.5 Å². The van der Waals surface area contributed by atoms with Gasteiger partial charge in [0.2, 0.25) is 0 Å². The van der Waals surface area contributed by atoms with Gasteiger partial charge in [0.1, 0.15) is 11.4 Å². The molecule has 0 saturated carbocycles. The van der Waals surface area contributed by atoms with Crippen molar-refractivity contribution in [2.45, 2.75) is 25.8 Å². The highest BCUT2D eigenvalue weighted by molar-refractivity contribution is 6.01. The van der Waals surface area contributed by atoms with Gasteiger partial charge in [-0.2, -0.15) is 0 Å². The monoisotopic (exact) mass is 390 g/mol. The molecule has 3 aromatic rings. The van der Waals surface area contributed by atoms with E-state index in [1.807, 2.05) is 30.3 Å². The number of carbonyl (C=O) groups excluding carboxylic acids is 2. The van der Waals surface area contributed by atoms with Gasteiger partial charge in [0, 0.05) is 29.9 Å². The average molecular weight is 390 g/mol. The second kappa shape index (κ2) is 7.83. The average Bonchev–Trinajstić information content (AvgIpc) is 2.74. The Morgan fingerprint density at radius 1 is 1.00 bits per heavy atom. The molecule has 1 amide bonds. The van der Waals surface area contributed by atoms with Crippen LogP contribution in [0.3, 0.4) is 0 Å². The molecule has 146 valence electrons. The van der Waals surface area contributed by atoms with Crippen molar-refractivity contribution in [3.05, 3.63) is 99.2 Å². The number of pyridine rings is 1. The summed E-state index contributed by atoms with van der Waals surface area (Å²) in [4.78, 5) is 38.4. The Labute approximate surface area is 166 Å². The van der Waals surface area contributed by atoms with E-state index in [4.69, 9.17) is 0 Å². The molecular formula is C23H19FN2O3. The van der Waals surface area contributed by atoms with Crippen LogP contribution in [0, 0.1) is 5.82 Å². The van der Waals surface area contributed by atoms with E-state index in [-0.39, 0.29) is 17.9 Å². The predicted molar refractivity (Wildman–Crippen MR) is 107 cm³/mol. The number of aromatic nitrogens is 1. The summed E-state index contributed by atoms with van der Waals surface area (Å²) < 4.78 is 14.7. The summed E-state index contributed by atoms with van der Waals surface area (Å²) in [5.41, 5.74) is 1.66. The Morgan fingerprint density at radius 3 is 2.45 bits per heavy atom. The van der Waals surface area contributed by atoms with Gasteiger partial charge in [-0.25, -0.2) is 4.39 Å². The first kappa shape index (κ1) is 18.8. The second-order valence-electron chi connectivity index (χ2n) is 6.98. The molecule has 0 saturated heterocycles. The van der Waals surface area contributed by atoms with E-state index in [0.717, 1.165) is 5.56 Å². The summed E-state index contributed by atoms with van der Waals surface area (Å²) in [6, 6.07) is 16.2. The molecule has 29 heavy (non-hydrogen) atoms. The molecule has 1 aromatic heterocycles. The highest BCUT2D eigenvalue weighted by atomic mass is 19.1. The Bertz CT molecular complexity index is 1140. The number of nitrogens with zero attached hydrogens (tertiary/aromatic N) is 1. The molecule has 6 heteroatoms. The van der Waals surface area contributed by atoms with Crippen LogP contribution in [0.25, 0.3) is 5.69 Å². The van der Waals surface area contributed by atoms with Gasteiger partial charge in [0.25, 0.3) is 11.5 Å². The summed E-state index contributed by atoms with van der Waals surface area (Å²) in [5.74, 6) is -1.07. The first-order valence-electron chi connectivity index (χ1n) is 9.45. The lowest BCUT2D eigenvalue weighted by molar-refractivity contribution is 0.0949. The van der Waals surface area contributed by atoms with Gasteiger partial charge < -0.3 is 5.32 Å². The van der Waals surface area contributed by atoms with Gasteiger partial charge in [0.05, 0.1) is 0 Å². The van der Waals surface area contributed by atoms with Gasteiger partial charge in [-0.3, -0.25) is 19.0 Å². The quantitative estimate of drug-likeness (QED) is 0.742. The fraction of sp³-hybridized carbons (Fsp3) is 0.174. The minimum atomic E-state index is -0.545. The fourth-order valence-corrected chi connectivity index (χ4v) is 3.59. The number of hydrogen-bond donors (Lipinski definition) is 1. The molecule has 0 unspecified atom stereocenters. The van der Waals surface area contributed by atoms with Crippen LogP contribution in [0.1, 0.15) is 44.8 Å². The van der Waals surface area contributed by atoms with Crippen molar-refractivity contribution < 1.29 is 14.0 Å². The normalized spacial score (nSPS) is 13.1. The highest BCUT2D eigenvalue weighted by Crippen LogP contribution is 2.23. The number of nitrogens with one attached hydrogen (secondary N) is 1. The summed E-state index contributed by atoms with van der Waals surface area (Å²) in [7, 11) is 0. The lowest BCUT2D eigenvalue weighted by Crippen LogP contribution is -2.35. The number of fused-ring (bicyclic) bond motifs is 1. The van der Waals surface area contributed by atoms with Crippen molar-refractivity contribution in [3.63, 3.8) is 0 Å². The van der Waals surface area contributed by atoms with Crippen molar-refractivity contribution in [1.82, 2.24) is 9.88 Å². The highest BCUT2D eigenvalue weighted by Gasteiger charge is 2.26. The molecule has 2 aromatic carbocycles. The Morgan fingerprint density at radius 2 is 1.72 bits per heavy atom. The number of benzene rings is 2. The molecule has 1 aliphatic carbocycles. The first-order chi connectivity index (χ1) is 14.0. The predicted octanol–water partition coefficient (Wildman–Crippen LogP) is 3.43. The minimum absolute atomic E-state index is 0.0979. The molecular weight excluding hydrogens is 371 g/mol. The second-order valence-corrected chi connectivity index (χ2v) is 6.98. The molecule has 4 rings (SSSR count). The number of rotatable bonds is 4. The van der Waals surface area contributed by atoms with Crippen molar-refractivity contribution in [2.24, 2.45) is 0 Å². The molecule has 0 spiro atoms. The third-order valence-corrected chi connectivity index (χ3v) is 5.05. The van der Waals surface area contributed by atoms with Gasteiger partial charge in [0.15, 0.2) is 5.78 Å². The molecule has 5 nitrogen and oxygen atoms in total. The zero-order valence-corrected chi connectivity index (χ0v) is 15.7. The molecule has 1 N–H and O–H groups in total. The number of ketones is 1. The largest absolute Gasteiger partial charge is 0.348 e. The molecule has 0 bridgehead atoms. The zero-order valence-electron chi connectivity index (χ0n) is 15.7.